The van der Waals surface area contributed by atoms with Crippen molar-refractivity contribution in [3.8, 4) is 0 Å². The van der Waals surface area contributed by atoms with Gasteiger partial charge < -0.3 is 4.74 Å². The van der Waals surface area contributed by atoms with Crippen LogP contribution in [0.5, 0.6) is 0 Å². The fourth-order valence-corrected chi connectivity index (χ4v) is 3.33. The van der Waals surface area contributed by atoms with Gasteiger partial charge in [-0.1, -0.05) is 0 Å². The van der Waals surface area contributed by atoms with Gasteiger partial charge in [-0.3, -0.25) is 5.32 Å². The van der Waals surface area contributed by atoms with Gasteiger partial charge in [0.2, 0.25) is 0 Å². The largest absolute Gasteiger partial charge is 0.361 e. The van der Waals surface area contributed by atoms with E-state index in [9.17, 15) is 0 Å². The summed E-state index contributed by atoms with van der Waals surface area (Å²) in [5, 5.41) is 3.53. The highest BCUT2D eigenvalue weighted by Crippen LogP contribution is 2.29. The molecule has 0 radical (unpaired) electrons. The summed E-state index contributed by atoms with van der Waals surface area (Å²) in [6.07, 6.45) is 2.90. The van der Waals surface area contributed by atoms with Crippen molar-refractivity contribution in [2.75, 3.05) is 18.1 Å². The molecule has 2 unspecified atom stereocenters. The summed E-state index contributed by atoms with van der Waals surface area (Å²) in [7, 11) is 0. The number of nitrogens with one attached hydrogen (secondary N) is 1. The third-order valence-corrected chi connectivity index (χ3v) is 4.00. The van der Waals surface area contributed by atoms with Crippen molar-refractivity contribution < 1.29 is 4.74 Å². The molecule has 0 amide bonds. The van der Waals surface area contributed by atoms with Gasteiger partial charge >= 0.3 is 0 Å². The summed E-state index contributed by atoms with van der Waals surface area (Å²) < 4.78 is 5.71. The standard InChI is InChI=1S/C10H19NOS.ClH/c1-10(2)7-12-9(11-10)5-8-3-4-13-6-8;/h8-9,11H,3-7H2,1-2H3;1H. The Hall–Kier alpha value is 0.560. The topological polar surface area (TPSA) is 21.3 Å². The Morgan fingerprint density at radius 3 is 2.79 bits per heavy atom. The predicted molar refractivity (Wildman–Crippen MR) is 64.3 cm³/mol. The van der Waals surface area contributed by atoms with E-state index in [-0.39, 0.29) is 17.9 Å². The third-order valence-electron chi connectivity index (χ3n) is 2.77. The van der Waals surface area contributed by atoms with Gasteiger partial charge in [-0.25, -0.2) is 0 Å². The summed E-state index contributed by atoms with van der Waals surface area (Å²) in [6, 6.07) is 0. The molecule has 84 valence electrons. The van der Waals surface area contributed by atoms with Crippen molar-refractivity contribution in [3.63, 3.8) is 0 Å². The van der Waals surface area contributed by atoms with Gasteiger partial charge in [-0.2, -0.15) is 11.8 Å². The zero-order chi connectivity index (χ0) is 9.31. The second kappa shape index (κ2) is 5.06. The van der Waals surface area contributed by atoms with E-state index in [1.165, 1.54) is 24.3 Å². The van der Waals surface area contributed by atoms with Gasteiger partial charge in [-0.05, 0) is 44.1 Å². The lowest BCUT2D eigenvalue weighted by atomic mass is 10.0. The summed E-state index contributed by atoms with van der Waals surface area (Å²) in [5.41, 5.74) is 0.191. The first kappa shape index (κ1) is 12.6. The maximum atomic E-state index is 5.71. The van der Waals surface area contributed by atoms with E-state index in [0.29, 0.717) is 6.23 Å². The van der Waals surface area contributed by atoms with E-state index in [0.717, 1.165) is 12.5 Å². The summed E-state index contributed by atoms with van der Waals surface area (Å²) in [4.78, 5) is 0. The number of hydrogen-bond donors (Lipinski definition) is 1. The highest BCUT2D eigenvalue weighted by molar-refractivity contribution is 7.99. The van der Waals surface area contributed by atoms with Crippen LogP contribution in [-0.4, -0.2) is 29.9 Å². The monoisotopic (exact) mass is 237 g/mol. The van der Waals surface area contributed by atoms with Gasteiger partial charge in [-0.15, -0.1) is 12.4 Å². The fraction of sp³-hybridized carbons (Fsp3) is 1.00. The molecular formula is C10H20ClNOS. The Balaban J connectivity index is 0.000000980. The molecule has 2 atom stereocenters. The van der Waals surface area contributed by atoms with Crippen LogP contribution in [0.1, 0.15) is 26.7 Å². The van der Waals surface area contributed by atoms with Crippen LogP contribution in [0, 0.1) is 5.92 Å². The van der Waals surface area contributed by atoms with E-state index in [4.69, 9.17) is 4.74 Å². The van der Waals surface area contributed by atoms with Crippen LogP contribution in [0.4, 0.5) is 0 Å². The smallest absolute Gasteiger partial charge is 0.108 e. The Kier molecular flexibility index (Phi) is 4.56. The van der Waals surface area contributed by atoms with E-state index >= 15 is 0 Å². The Labute approximate surface area is 97.0 Å². The Morgan fingerprint density at radius 2 is 2.29 bits per heavy atom. The van der Waals surface area contributed by atoms with Gasteiger partial charge in [0, 0.05) is 5.54 Å². The molecular weight excluding hydrogens is 218 g/mol. The molecule has 0 spiro atoms. The molecule has 2 saturated heterocycles. The van der Waals surface area contributed by atoms with Crippen LogP contribution in [0.15, 0.2) is 0 Å². The molecule has 0 bridgehead atoms. The molecule has 2 nitrogen and oxygen atoms in total. The minimum Gasteiger partial charge on any atom is -0.361 e. The first-order chi connectivity index (χ1) is 6.16. The molecule has 2 aliphatic heterocycles. The number of rotatable bonds is 2. The first-order valence-corrected chi connectivity index (χ1v) is 6.28. The highest BCUT2D eigenvalue weighted by atomic mass is 35.5. The van der Waals surface area contributed by atoms with Gasteiger partial charge in [0.05, 0.1) is 6.61 Å². The molecule has 2 fully saturated rings. The van der Waals surface area contributed by atoms with Crippen molar-refractivity contribution in [1.29, 1.82) is 0 Å². The Bertz CT molecular complexity index is 183. The average molecular weight is 238 g/mol. The zero-order valence-electron chi connectivity index (χ0n) is 8.91. The van der Waals surface area contributed by atoms with Crippen molar-refractivity contribution in [2.24, 2.45) is 5.92 Å². The minimum absolute atomic E-state index is 0. The van der Waals surface area contributed by atoms with Gasteiger partial charge in [0.1, 0.15) is 6.23 Å². The molecule has 14 heavy (non-hydrogen) atoms. The van der Waals surface area contributed by atoms with Gasteiger partial charge in [0.25, 0.3) is 0 Å². The average Bonchev–Trinajstić information content (AvgIpc) is 2.61. The maximum Gasteiger partial charge on any atom is 0.108 e. The second-order valence-corrected chi connectivity index (χ2v) is 5.94. The van der Waals surface area contributed by atoms with Crippen molar-refractivity contribution in [3.05, 3.63) is 0 Å². The fourth-order valence-electron chi connectivity index (χ4n) is 2.03. The van der Waals surface area contributed by atoms with Crippen LogP contribution in [0.25, 0.3) is 0 Å². The summed E-state index contributed by atoms with van der Waals surface area (Å²) >= 11 is 2.08. The van der Waals surface area contributed by atoms with Crippen LogP contribution >= 0.6 is 24.2 Å². The van der Waals surface area contributed by atoms with E-state index in [1.54, 1.807) is 0 Å². The predicted octanol–water partition coefficient (Wildman–Crippen LogP) is 2.28. The molecule has 4 heteroatoms. The number of thioether (sulfide) groups is 1. The Morgan fingerprint density at radius 1 is 1.50 bits per heavy atom. The molecule has 2 aliphatic rings. The lowest BCUT2D eigenvalue weighted by Crippen LogP contribution is -2.39. The van der Waals surface area contributed by atoms with Crippen molar-refractivity contribution in [2.45, 2.75) is 38.5 Å². The number of hydrogen-bond acceptors (Lipinski definition) is 3. The molecule has 0 aromatic carbocycles. The second-order valence-electron chi connectivity index (χ2n) is 4.79. The zero-order valence-corrected chi connectivity index (χ0v) is 10.5. The van der Waals surface area contributed by atoms with Crippen molar-refractivity contribution >= 4 is 24.2 Å². The lowest BCUT2D eigenvalue weighted by molar-refractivity contribution is 0.0806. The molecule has 0 saturated carbocycles. The number of halogens is 1. The molecule has 1 N–H and O–H groups in total. The molecule has 0 aliphatic carbocycles. The quantitative estimate of drug-likeness (QED) is 0.796. The van der Waals surface area contributed by atoms with E-state index in [2.05, 4.69) is 30.9 Å². The van der Waals surface area contributed by atoms with Crippen molar-refractivity contribution in [1.82, 2.24) is 5.32 Å². The normalized spacial score (nSPS) is 35.6. The van der Waals surface area contributed by atoms with Gasteiger partial charge in [0.15, 0.2) is 0 Å². The maximum absolute atomic E-state index is 5.71. The highest BCUT2D eigenvalue weighted by Gasteiger charge is 2.32. The van der Waals surface area contributed by atoms with Crippen LogP contribution < -0.4 is 5.32 Å². The van der Waals surface area contributed by atoms with Crippen LogP contribution in [-0.2, 0) is 4.74 Å². The number of ether oxygens (including phenoxy) is 1. The van der Waals surface area contributed by atoms with E-state index in [1.807, 2.05) is 0 Å². The molecule has 2 heterocycles. The molecule has 0 aromatic rings. The SMILES string of the molecule is CC1(C)COC(CC2CCSC2)N1.Cl. The lowest BCUT2D eigenvalue weighted by Gasteiger charge is -2.18. The summed E-state index contributed by atoms with van der Waals surface area (Å²) in [6.45, 7) is 5.27. The third kappa shape index (κ3) is 3.30. The van der Waals surface area contributed by atoms with Crippen LogP contribution in [0.2, 0.25) is 0 Å². The van der Waals surface area contributed by atoms with Crippen LogP contribution in [0.3, 0.4) is 0 Å². The summed E-state index contributed by atoms with van der Waals surface area (Å²) in [5.74, 6) is 3.57. The molecule has 2 rings (SSSR count). The molecule has 0 aromatic heterocycles. The first-order valence-electron chi connectivity index (χ1n) is 5.13. The van der Waals surface area contributed by atoms with E-state index < -0.39 is 0 Å². The minimum atomic E-state index is 0.